The topological polar surface area (TPSA) is 17.1 Å². The molecule has 1 atom stereocenters. The molecule has 0 aliphatic heterocycles. The molecule has 3 heteroatoms. The van der Waals surface area contributed by atoms with Gasteiger partial charge in [-0.25, -0.2) is 0 Å². The zero-order valence-electron chi connectivity index (χ0n) is 4.37. The van der Waals surface area contributed by atoms with Crippen LogP contribution in [0.5, 0.6) is 0 Å². The molecule has 1 aliphatic rings. The summed E-state index contributed by atoms with van der Waals surface area (Å²) in [6, 6.07) is 0. The third-order valence-corrected chi connectivity index (χ3v) is 2.58. The Labute approximate surface area is 58.0 Å². The standard InChI is InChI=1S/C5H5Cl2O/c1-4(3-8)2-5(4,6)7/h2H2,1H3. The summed E-state index contributed by atoms with van der Waals surface area (Å²) in [6.45, 7) is 1.69. The first-order chi connectivity index (χ1) is 3.52. The summed E-state index contributed by atoms with van der Waals surface area (Å²) in [5.74, 6) is 0. The average Bonchev–Trinajstić information content (AvgIpc) is 2.10. The molecule has 0 aromatic heterocycles. The van der Waals surface area contributed by atoms with Crippen molar-refractivity contribution in [2.24, 2.45) is 5.41 Å². The summed E-state index contributed by atoms with van der Waals surface area (Å²) >= 11 is 11.1. The molecule has 1 fully saturated rings. The van der Waals surface area contributed by atoms with Gasteiger partial charge in [-0.05, 0) is 13.3 Å². The van der Waals surface area contributed by atoms with E-state index in [9.17, 15) is 4.79 Å². The predicted molar refractivity (Wildman–Crippen MR) is 32.9 cm³/mol. The second-order valence-electron chi connectivity index (χ2n) is 2.32. The smallest absolute Gasteiger partial charge is 0.208 e. The van der Waals surface area contributed by atoms with Gasteiger partial charge in [-0.2, -0.15) is 0 Å². The van der Waals surface area contributed by atoms with Gasteiger partial charge in [0.05, 0.1) is 5.41 Å². The highest BCUT2D eigenvalue weighted by Gasteiger charge is 2.64. The Hall–Kier alpha value is 0.250. The third-order valence-electron chi connectivity index (χ3n) is 1.48. The first kappa shape index (κ1) is 6.37. The molecule has 0 N–H and O–H groups in total. The predicted octanol–water partition coefficient (Wildman–Crippen LogP) is 1.68. The van der Waals surface area contributed by atoms with Crippen LogP contribution in [0.25, 0.3) is 0 Å². The van der Waals surface area contributed by atoms with Crippen molar-refractivity contribution in [1.82, 2.24) is 0 Å². The second-order valence-corrected chi connectivity index (χ2v) is 3.80. The van der Waals surface area contributed by atoms with Crippen LogP contribution < -0.4 is 0 Å². The zero-order valence-corrected chi connectivity index (χ0v) is 5.88. The van der Waals surface area contributed by atoms with E-state index in [0.717, 1.165) is 0 Å². The van der Waals surface area contributed by atoms with Gasteiger partial charge in [0.2, 0.25) is 6.29 Å². The Morgan fingerprint density at radius 3 is 2.00 bits per heavy atom. The minimum Gasteiger partial charge on any atom is -0.290 e. The Morgan fingerprint density at radius 1 is 1.62 bits per heavy atom. The van der Waals surface area contributed by atoms with Crippen LogP contribution in [-0.4, -0.2) is 10.6 Å². The van der Waals surface area contributed by atoms with E-state index in [-0.39, 0.29) is 0 Å². The number of hydrogen-bond donors (Lipinski definition) is 0. The van der Waals surface area contributed by atoms with Crippen molar-refractivity contribution in [2.45, 2.75) is 17.7 Å². The molecule has 45 valence electrons. The lowest BCUT2D eigenvalue weighted by Gasteiger charge is -1.96. The van der Waals surface area contributed by atoms with Crippen LogP contribution in [0.2, 0.25) is 0 Å². The normalized spacial score (nSPS) is 41.4. The monoisotopic (exact) mass is 151 g/mol. The van der Waals surface area contributed by atoms with Crippen molar-refractivity contribution in [3.05, 3.63) is 0 Å². The highest BCUT2D eigenvalue weighted by molar-refractivity contribution is 6.52. The van der Waals surface area contributed by atoms with E-state index >= 15 is 0 Å². The molecule has 0 bridgehead atoms. The molecule has 1 unspecified atom stereocenters. The second kappa shape index (κ2) is 1.39. The van der Waals surface area contributed by atoms with E-state index in [1.165, 1.54) is 0 Å². The van der Waals surface area contributed by atoms with Gasteiger partial charge in [-0.1, -0.05) is 0 Å². The number of hydrogen-bond acceptors (Lipinski definition) is 1. The third kappa shape index (κ3) is 0.652. The van der Waals surface area contributed by atoms with Gasteiger partial charge in [0, 0.05) is 0 Å². The summed E-state index contributed by atoms with van der Waals surface area (Å²) in [5.41, 5.74) is -0.587. The molecule has 8 heavy (non-hydrogen) atoms. The maximum Gasteiger partial charge on any atom is 0.208 e. The van der Waals surface area contributed by atoms with Crippen LogP contribution in [0, 0.1) is 5.41 Å². The van der Waals surface area contributed by atoms with Gasteiger partial charge in [0.25, 0.3) is 0 Å². The minimum atomic E-state index is -0.825. The molecule has 0 spiro atoms. The van der Waals surface area contributed by atoms with Crippen molar-refractivity contribution in [1.29, 1.82) is 0 Å². The highest BCUT2D eigenvalue weighted by atomic mass is 35.5. The zero-order chi connectivity index (χ0) is 6.41. The van der Waals surface area contributed by atoms with Crippen molar-refractivity contribution in [2.75, 3.05) is 0 Å². The quantitative estimate of drug-likeness (QED) is 0.522. The van der Waals surface area contributed by atoms with Gasteiger partial charge in [-0.15, -0.1) is 23.2 Å². The molecule has 0 aromatic rings. The Kier molecular flexibility index (Phi) is 1.11. The lowest BCUT2D eigenvalue weighted by molar-refractivity contribution is 0.524. The Bertz CT molecular complexity index is 132. The summed E-state index contributed by atoms with van der Waals surface area (Å²) in [7, 11) is 0. The van der Waals surface area contributed by atoms with E-state index in [1.54, 1.807) is 13.2 Å². The average molecular weight is 152 g/mol. The van der Waals surface area contributed by atoms with Gasteiger partial charge in [0.1, 0.15) is 4.33 Å². The molecule has 1 nitrogen and oxygen atoms in total. The molecular weight excluding hydrogens is 147 g/mol. The molecule has 0 heterocycles. The van der Waals surface area contributed by atoms with E-state index in [4.69, 9.17) is 23.2 Å². The summed E-state index contributed by atoms with van der Waals surface area (Å²) in [4.78, 5) is 10.0. The summed E-state index contributed by atoms with van der Waals surface area (Å²) in [6.07, 6.45) is 2.33. The largest absolute Gasteiger partial charge is 0.290 e. The van der Waals surface area contributed by atoms with Crippen molar-refractivity contribution < 1.29 is 4.79 Å². The van der Waals surface area contributed by atoms with Gasteiger partial charge >= 0.3 is 0 Å². The first-order valence-electron chi connectivity index (χ1n) is 2.29. The molecule has 1 radical (unpaired) electrons. The van der Waals surface area contributed by atoms with Crippen LogP contribution in [0.3, 0.4) is 0 Å². The van der Waals surface area contributed by atoms with Crippen molar-refractivity contribution in [3.63, 3.8) is 0 Å². The summed E-state index contributed by atoms with van der Waals surface area (Å²) < 4.78 is -0.825. The molecule has 0 saturated heterocycles. The van der Waals surface area contributed by atoms with Crippen LogP contribution in [0.4, 0.5) is 0 Å². The number of alkyl halides is 2. The molecule has 0 amide bonds. The first-order valence-corrected chi connectivity index (χ1v) is 3.05. The maximum atomic E-state index is 10.0. The Balaban J connectivity index is 2.68. The summed E-state index contributed by atoms with van der Waals surface area (Å²) in [5, 5.41) is 0. The fourth-order valence-corrected chi connectivity index (χ4v) is 1.12. The minimum absolute atomic E-state index is 0.534. The van der Waals surface area contributed by atoms with E-state index < -0.39 is 9.75 Å². The number of carbonyl (C=O) groups excluding carboxylic acids is 1. The number of rotatable bonds is 1. The fraction of sp³-hybridized carbons (Fsp3) is 0.800. The fourth-order valence-electron chi connectivity index (χ4n) is 0.511. The van der Waals surface area contributed by atoms with Crippen molar-refractivity contribution >= 4 is 29.5 Å². The van der Waals surface area contributed by atoms with Gasteiger partial charge in [0.15, 0.2) is 0 Å². The van der Waals surface area contributed by atoms with Gasteiger partial charge in [-0.3, -0.25) is 4.79 Å². The lowest BCUT2D eigenvalue weighted by atomic mass is 10.2. The molecule has 0 aromatic carbocycles. The SMILES string of the molecule is CC1([C]=O)CC1(Cl)Cl. The van der Waals surface area contributed by atoms with Crippen LogP contribution in [-0.2, 0) is 4.79 Å². The lowest BCUT2D eigenvalue weighted by Crippen LogP contribution is -2.04. The van der Waals surface area contributed by atoms with E-state index in [0.29, 0.717) is 6.42 Å². The molecule has 1 aliphatic carbocycles. The number of halogens is 2. The van der Waals surface area contributed by atoms with Gasteiger partial charge < -0.3 is 0 Å². The highest BCUT2D eigenvalue weighted by Crippen LogP contribution is 2.62. The van der Waals surface area contributed by atoms with Crippen LogP contribution in [0.15, 0.2) is 0 Å². The molecule has 1 saturated carbocycles. The Morgan fingerprint density at radius 2 is 2.00 bits per heavy atom. The maximum absolute atomic E-state index is 10.0. The van der Waals surface area contributed by atoms with E-state index in [2.05, 4.69) is 0 Å². The molecule has 1 rings (SSSR count). The molecular formula is C5H5Cl2O. The van der Waals surface area contributed by atoms with Crippen LogP contribution in [0.1, 0.15) is 13.3 Å². The van der Waals surface area contributed by atoms with Crippen LogP contribution >= 0.6 is 23.2 Å². The van der Waals surface area contributed by atoms with E-state index in [1.807, 2.05) is 0 Å². The van der Waals surface area contributed by atoms with Crippen molar-refractivity contribution in [3.8, 4) is 0 Å².